The van der Waals surface area contributed by atoms with Crippen LogP contribution in [0.4, 0.5) is 24.9 Å². The number of fused-ring (bicyclic) bond motifs is 1. The standard InChI is InChI=1S/C22H19ClF3N5O4S/c23-12-3-1-11(2-4-12)9-31-17-5-14(15(24)6-18(17)36(33,34)10-16(27)20(31)32)19-29-21(35-30-19)28-13-7-22(25,26)8-13/h1-6,13,16H,7-10,27H2,(H,28,29,30)/t16-/m0/s1. The Kier molecular flexibility index (Phi) is 5.96. The number of benzene rings is 2. The van der Waals surface area contributed by atoms with Gasteiger partial charge in [-0.25, -0.2) is 21.6 Å². The normalized spacial score (nSPS) is 21.0. The van der Waals surface area contributed by atoms with E-state index in [0.29, 0.717) is 10.6 Å². The lowest BCUT2D eigenvalue weighted by Gasteiger charge is -2.34. The zero-order chi connectivity index (χ0) is 25.8. The third-order valence-corrected chi connectivity index (χ3v) is 8.04. The third kappa shape index (κ3) is 4.65. The summed E-state index contributed by atoms with van der Waals surface area (Å²) in [4.78, 5) is 17.9. The van der Waals surface area contributed by atoms with Crippen LogP contribution >= 0.6 is 11.6 Å². The Labute approximate surface area is 208 Å². The molecule has 1 aliphatic carbocycles. The number of nitrogens with two attached hydrogens (primary N) is 1. The van der Waals surface area contributed by atoms with Crippen molar-refractivity contribution in [1.82, 2.24) is 10.1 Å². The van der Waals surface area contributed by atoms with Crippen LogP contribution in [0.1, 0.15) is 18.4 Å². The molecule has 1 fully saturated rings. The van der Waals surface area contributed by atoms with Crippen LogP contribution in [0.15, 0.2) is 45.8 Å². The Morgan fingerprint density at radius 1 is 1.22 bits per heavy atom. The Morgan fingerprint density at radius 3 is 2.58 bits per heavy atom. The van der Waals surface area contributed by atoms with Gasteiger partial charge in [-0.2, -0.15) is 4.98 Å². The first kappa shape index (κ1) is 24.5. The molecule has 5 rings (SSSR count). The molecule has 2 aliphatic rings. The first-order chi connectivity index (χ1) is 16.9. The van der Waals surface area contributed by atoms with Crippen molar-refractivity contribution >= 4 is 39.0 Å². The second-order valence-electron chi connectivity index (χ2n) is 8.77. The zero-order valence-corrected chi connectivity index (χ0v) is 20.0. The van der Waals surface area contributed by atoms with Crippen molar-refractivity contribution in [3.8, 4) is 11.4 Å². The van der Waals surface area contributed by atoms with Gasteiger partial charge in [-0.15, -0.1) is 0 Å². The minimum Gasteiger partial charge on any atom is -0.335 e. The fourth-order valence-corrected chi connectivity index (χ4v) is 5.85. The maximum absolute atomic E-state index is 15.1. The van der Waals surface area contributed by atoms with E-state index in [4.69, 9.17) is 21.9 Å². The van der Waals surface area contributed by atoms with Gasteiger partial charge < -0.3 is 20.5 Å². The van der Waals surface area contributed by atoms with E-state index >= 15 is 4.39 Å². The van der Waals surface area contributed by atoms with Gasteiger partial charge in [-0.05, 0) is 29.8 Å². The highest BCUT2D eigenvalue weighted by molar-refractivity contribution is 7.91. The van der Waals surface area contributed by atoms with E-state index in [1.807, 2.05) is 0 Å². The molecule has 3 aromatic rings. The summed E-state index contributed by atoms with van der Waals surface area (Å²) < 4.78 is 72.2. The zero-order valence-electron chi connectivity index (χ0n) is 18.4. The molecule has 9 nitrogen and oxygen atoms in total. The molecule has 1 atom stereocenters. The largest absolute Gasteiger partial charge is 0.335 e. The second-order valence-corrected chi connectivity index (χ2v) is 11.2. The minimum absolute atomic E-state index is 0.0633. The van der Waals surface area contributed by atoms with Crippen LogP contribution in [-0.4, -0.2) is 48.2 Å². The number of hydrogen-bond acceptors (Lipinski definition) is 8. The number of carbonyl (C=O) groups excluding carboxylic acids is 1. The van der Waals surface area contributed by atoms with Gasteiger partial charge in [-0.3, -0.25) is 4.79 Å². The van der Waals surface area contributed by atoms with E-state index in [-0.39, 0.29) is 29.6 Å². The molecule has 1 aliphatic heterocycles. The molecule has 1 amide bonds. The number of carbonyl (C=O) groups is 1. The van der Waals surface area contributed by atoms with Crippen LogP contribution in [0.25, 0.3) is 11.4 Å². The Bertz CT molecular complexity index is 1440. The molecule has 0 unspecified atom stereocenters. The number of nitrogens with zero attached hydrogens (tertiary/aromatic N) is 3. The number of aromatic nitrogens is 2. The molecule has 0 saturated heterocycles. The number of nitrogens with one attached hydrogen (secondary N) is 1. The first-order valence-corrected chi connectivity index (χ1v) is 12.8. The summed E-state index contributed by atoms with van der Waals surface area (Å²) in [6, 6.07) is 6.32. The van der Waals surface area contributed by atoms with Crippen LogP contribution in [0, 0.1) is 5.82 Å². The number of halogens is 4. The van der Waals surface area contributed by atoms with Crippen LogP contribution in [0.3, 0.4) is 0 Å². The highest BCUT2D eigenvalue weighted by Crippen LogP contribution is 2.40. The van der Waals surface area contributed by atoms with Gasteiger partial charge in [0, 0.05) is 23.9 Å². The van der Waals surface area contributed by atoms with Crippen LogP contribution in [0.2, 0.25) is 5.02 Å². The van der Waals surface area contributed by atoms with Crippen molar-refractivity contribution in [3.63, 3.8) is 0 Å². The third-order valence-electron chi connectivity index (χ3n) is 6.00. The van der Waals surface area contributed by atoms with Crippen molar-refractivity contribution < 1.29 is 30.9 Å². The molecule has 2 aromatic carbocycles. The molecular formula is C22H19ClF3N5O4S. The smallest absolute Gasteiger partial charge is 0.322 e. The minimum atomic E-state index is -4.13. The van der Waals surface area contributed by atoms with Gasteiger partial charge in [-0.1, -0.05) is 28.9 Å². The Hall–Kier alpha value is -3.16. The number of hydrogen-bond donors (Lipinski definition) is 2. The molecule has 14 heteroatoms. The lowest BCUT2D eigenvalue weighted by molar-refractivity contribution is -0.119. The van der Waals surface area contributed by atoms with Crippen molar-refractivity contribution in [1.29, 1.82) is 0 Å². The number of anilines is 2. The monoisotopic (exact) mass is 541 g/mol. The van der Waals surface area contributed by atoms with Gasteiger partial charge in [0.2, 0.25) is 11.7 Å². The predicted octanol–water partition coefficient (Wildman–Crippen LogP) is 3.39. The number of alkyl halides is 2. The van der Waals surface area contributed by atoms with Gasteiger partial charge in [0.25, 0.3) is 5.92 Å². The van der Waals surface area contributed by atoms with E-state index < -0.39 is 63.1 Å². The van der Waals surface area contributed by atoms with E-state index in [1.165, 1.54) is 0 Å². The van der Waals surface area contributed by atoms with E-state index in [1.54, 1.807) is 24.3 Å². The number of sulfone groups is 1. The summed E-state index contributed by atoms with van der Waals surface area (Å²) in [5.74, 6) is -5.37. The predicted molar refractivity (Wildman–Crippen MR) is 124 cm³/mol. The first-order valence-electron chi connectivity index (χ1n) is 10.8. The van der Waals surface area contributed by atoms with E-state index in [9.17, 15) is 22.0 Å². The molecule has 1 saturated carbocycles. The lowest BCUT2D eigenvalue weighted by Crippen LogP contribution is -2.45. The Morgan fingerprint density at radius 2 is 1.92 bits per heavy atom. The highest BCUT2D eigenvalue weighted by atomic mass is 35.5. The summed E-state index contributed by atoms with van der Waals surface area (Å²) in [7, 11) is -4.13. The fourth-order valence-electron chi connectivity index (χ4n) is 4.16. The molecule has 36 heavy (non-hydrogen) atoms. The summed E-state index contributed by atoms with van der Waals surface area (Å²) in [5.41, 5.74) is 6.17. The molecule has 3 N–H and O–H groups in total. The maximum atomic E-state index is 15.1. The molecule has 0 spiro atoms. The maximum Gasteiger partial charge on any atom is 0.322 e. The molecular weight excluding hydrogens is 523 g/mol. The SMILES string of the molecule is N[C@H]1CS(=O)(=O)c2cc(F)c(-c3noc(NC4CC(F)(F)C4)n3)cc2N(Cc2ccc(Cl)cc2)C1=O. The van der Waals surface area contributed by atoms with Gasteiger partial charge in [0.1, 0.15) is 5.82 Å². The summed E-state index contributed by atoms with van der Waals surface area (Å²) in [5, 5.41) is 6.82. The van der Waals surface area contributed by atoms with Crippen molar-refractivity contribution in [3.05, 3.63) is 52.8 Å². The van der Waals surface area contributed by atoms with Crippen molar-refractivity contribution in [2.45, 2.75) is 42.3 Å². The van der Waals surface area contributed by atoms with Crippen LogP contribution in [0.5, 0.6) is 0 Å². The number of rotatable bonds is 5. The highest BCUT2D eigenvalue weighted by Gasteiger charge is 2.46. The van der Waals surface area contributed by atoms with Gasteiger partial charge >= 0.3 is 6.01 Å². The average Bonchev–Trinajstić information content (AvgIpc) is 3.22. The van der Waals surface area contributed by atoms with Crippen LogP contribution in [-0.2, 0) is 21.2 Å². The summed E-state index contributed by atoms with van der Waals surface area (Å²) in [6.07, 6.45) is -0.810. The Balaban J connectivity index is 1.54. The quantitative estimate of drug-likeness (QED) is 0.502. The van der Waals surface area contributed by atoms with Gasteiger partial charge in [0.15, 0.2) is 9.84 Å². The van der Waals surface area contributed by atoms with Crippen LogP contribution < -0.4 is 16.0 Å². The van der Waals surface area contributed by atoms with Gasteiger partial charge in [0.05, 0.1) is 34.5 Å². The van der Waals surface area contributed by atoms with Crippen molar-refractivity contribution in [2.75, 3.05) is 16.0 Å². The topological polar surface area (TPSA) is 131 Å². The molecule has 1 aromatic heterocycles. The molecule has 2 heterocycles. The fraction of sp³-hybridized carbons (Fsp3) is 0.318. The van der Waals surface area contributed by atoms with Crippen molar-refractivity contribution in [2.24, 2.45) is 5.73 Å². The summed E-state index contributed by atoms with van der Waals surface area (Å²) >= 11 is 5.93. The second kappa shape index (κ2) is 8.75. The number of amides is 1. The molecule has 190 valence electrons. The lowest BCUT2D eigenvalue weighted by atomic mass is 9.88. The molecule has 0 radical (unpaired) electrons. The average molecular weight is 542 g/mol. The van der Waals surface area contributed by atoms with E-state index in [2.05, 4.69) is 15.5 Å². The molecule has 0 bridgehead atoms. The van der Waals surface area contributed by atoms with E-state index in [0.717, 1.165) is 17.0 Å². The summed E-state index contributed by atoms with van der Waals surface area (Å²) in [6.45, 7) is -0.0633.